The summed E-state index contributed by atoms with van der Waals surface area (Å²) < 4.78 is 1.36. The van der Waals surface area contributed by atoms with Gasteiger partial charge in [-0.25, -0.2) is 4.98 Å². The van der Waals surface area contributed by atoms with Crippen LogP contribution in [-0.4, -0.2) is 40.8 Å². The molecular formula is C21H22N6O3. The molecule has 0 atom stereocenters. The molecular weight excluding hydrogens is 384 g/mol. The van der Waals surface area contributed by atoms with Gasteiger partial charge < -0.3 is 16.0 Å². The van der Waals surface area contributed by atoms with Crippen LogP contribution in [0, 0.1) is 17.2 Å². The van der Waals surface area contributed by atoms with Crippen LogP contribution in [-0.2, 0) is 9.59 Å². The van der Waals surface area contributed by atoms with Crippen LogP contribution in [0.1, 0.15) is 18.4 Å². The third-order valence-corrected chi connectivity index (χ3v) is 5.01. The zero-order valence-electron chi connectivity index (χ0n) is 16.4. The number of nitrogens with two attached hydrogens (primary N) is 1. The van der Waals surface area contributed by atoms with E-state index in [-0.39, 0.29) is 29.5 Å². The van der Waals surface area contributed by atoms with Crippen molar-refractivity contribution in [1.29, 1.82) is 5.26 Å². The highest BCUT2D eigenvalue weighted by molar-refractivity contribution is 6.02. The first-order chi connectivity index (χ1) is 14.5. The van der Waals surface area contributed by atoms with Gasteiger partial charge in [0.05, 0.1) is 5.56 Å². The van der Waals surface area contributed by atoms with Gasteiger partial charge in [0.25, 0.3) is 11.5 Å². The second-order valence-electron chi connectivity index (χ2n) is 6.92. The molecule has 1 fully saturated rings. The number of fused-ring (bicyclic) bond motifs is 1. The minimum absolute atomic E-state index is 0.140. The van der Waals surface area contributed by atoms with E-state index in [1.165, 1.54) is 16.6 Å². The van der Waals surface area contributed by atoms with Crippen LogP contribution in [0.15, 0.2) is 47.4 Å². The smallest absolute Gasteiger partial charge is 0.267 e. The molecule has 2 aromatic rings. The number of nitriles is 1. The Hall–Kier alpha value is -3.93. The molecule has 30 heavy (non-hydrogen) atoms. The van der Waals surface area contributed by atoms with Crippen molar-refractivity contribution >= 4 is 29.4 Å². The van der Waals surface area contributed by atoms with Gasteiger partial charge in [-0.1, -0.05) is 12.1 Å². The number of carbonyl (C=O) groups excluding carboxylic acids is 2. The summed E-state index contributed by atoms with van der Waals surface area (Å²) in [4.78, 5) is 43.4. The summed E-state index contributed by atoms with van der Waals surface area (Å²) in [5.41, 5.74) is 5.40. The van der Waals surface area contributed by atoms with Crippen molar-refractivity contribution in [3.63, 3.8) is 0 Å². The van der Waals surface area contributed by atoms with Gasteiger partial charge in [-0.2, -0.15) is 5.26 Å². The van der Waals surface area contributed by atoms with Crippen molar-refractivity contribution in [2.45, 2.75) is 12.8 Å². The van der Waals surface area contributed by atoms with E-state index >= 15 is 0 Å². The number of nitrogens with one attached hydrogen (secondary N) is 1. The van der Waals surface area contributed by atoms with Gasteiger partial charge in [-0.05, 0) is 31.1 Å². The van der Waals surface area contributed by atoms with Gasteiger partial charge in [-0.3, -0.25) is 18.8 Å². The molecule has 0 aliphatic carbocycles. The molecule has 0 radical (unpaired) electrons. The largest absolute Gasteiger partial charge is 0.369 e. The van der Waals surface area contributed by atoms with Crippen LogP contribution < -0.4 is 21.5 Å². The lowest BCUT2D eigenvalue weighted by molar-refractivity contribution is -0.122. The van der Waals surface area contributed by atoms with Crippen molar-refractivity contribution in [1.82, 2.24) is 14.7 Å². The van der Waals surface area contributed by atoms with Gasteiger partial charge >= 0.3 is 0 Å². The number of nitrogens with zero attached hydrogens (tertiary/aromatic N) is 4. The maximum Gasteiger partial charge on any atom is 0.267 e. The SMILES string of the molecule is C=CCNC(=O)C(C#N)=Cc1c(N2CCC(C(N)=O)CC2)nc2ccccn2c1=O. The predicted molar refractivity (Wildman–Crippen MR) is 112 cm³/mol. The van der Waals surface area contributed by atoms with E-state index in [1.807, 2.05) is 11.0 Å². The fourth-order valence-electron chi connectivity index (χ4n) is 3.39. The Morgan fingerprint density at radius 2 is 2.10 bits per heavy atom. The first-order valence-corrected chi connectivity index (χ1v) is 9.52. The summed E-state index contributed by atoms with van der Waals surface area (Å²) in [5, 5.41) is 12.0. The number of rotatable bonds is 6. The predicted octanol–water partition coefficient (Wildman–Crippen LogP) is 0.605. The van der Waals surface area contributed by atoms with Crippen LogP contribution in [0.5, 0.6) is 0 Å². The minimum atomic E-state index is -0.603. The second-order valence-corrected chi connectivity index (χ2v) is 6.92. The van der Waals surface area contributed by atoms with Crippen molar-refractivity contribution in [2.75, 3.05) is 24.5 Å². The van der Waals surface area contributed by atoms with Gasteiger partial charge in [0.15, 0.2) is 0 Å². The normalized spacial score (nSPS) is 14.9. The van der Waals surface area contributed by atoms with Crippen molar-refractivity contribution in [3.05, 3.63) is 58.5 Å². The number of primary amides is 1. The lowest BCUT2D eigenvalue weighted by Gasteiger charge is -2.32. The van der Waals surface area contributed by atoms with E-state index in [1.54, 1.807) is 24.4 Å². The number of amides is 2. The minimum Gasteiger partial charge on any atom is -0.369 e. The Kier molecular flexibility index (Phi) is 6.27. The van der Waals surface area contributed by atoms with E-state index < -0.39 is 11.5 Å². The summed E-state index contributed by atoms with van der Waals surface area (Å²) in [6.07, 6.45) is 5.42. The highest BCUT2D eigenvalue weighted by Crippen LogP contribution is 2.25. The van der Waals surface area contributed by atoms with E-state index in [0.717, 1.165) is 0 Å². The van der Waals surface area contributed by atoms with Crippen molar-refractivity contribution in [3.8, 4) is 6.07 Å². The molecule has 1 aliphatic heterocycles. The van der Waals surface area contributed by atoms with Crippen molar-refractivity contribution < 1.29 is 9.59 Å². The van der Waals surface area contributed by atoms with Crippen molar-refractivity contribution in [2.24, 2.45) is 11.7 Å². The third-order valence-electron chi connectivity index (χ3n) is 5.01. The van der Waals surface area contributed by atoms with Crippen LogP contribution in [0.2, 0.25) is 0 Å². The molecule has 1 aliphatic rings. The lowest BCUT2D eigenvalue weighted by atomic mass is 9.96. The number of piperidine rings is 1. The average Bonchev–Trinajstić information content (AvgIpc) is 2.77. The first-order valence-electron chi connectivity index (χ1n) is 9.52. The van der Waals surface area contributed by atoms with Crippen LogP contribution in [0.3, 0.4) is 0 Å². The number of pyridine rings is 1. The average molecular weight is 406 g/mol. The zero-order valence-corrected chi connectivity index (χ0v) is 16.4. The highest BCUT2D eigenvalue weighted by atomic mass is 16.2. The second kappa shape index (κ2) is 9.05. The Balaban J connectivity index is 2.10. The summed E-state index contributed by atoms with van der Waals surface area (Å²) in [5.74, 6) is -0.792. The number of carbonyl (C=O) groups is 2. The molecule has 0 bridgehead atoms. The maximum absolute atomic E-state index is 13.2. The Labute approximate surface area is 173 Å². The molecule has 0 unspecified atom stereocenters. The molecule has 3 rings (SSSR count). The molecule has 0 spiro atoms. The zero-order chi connectivity index (χ0) is 21.7. The monoisotopic (exact) mass is 406 g/mol. The van der Waals surface area contributed by atoms with Crippen LogP contribution >= 0.6 is 0 Å². The van der Waals surface area contributed by atoms with E-state index in [4.69, 9.17) is 5.73 Å². The summed E-state index contributed by atoms with van der Waals surface area (Å²) in [7, 11) is 0. The fraction of sp³-hybridized carbons (Fsp3) is 0.286. The van der Waals surface area contributed by atoms with Gasteiger partial charge in [0.2, 0.25) is 5.91 Å². The summed E-state index contributed by atoms with van der Waals surface area (Å²) in [6, 6.07) is 7.02. The van der Waals surface area contributed by atoms with E-state index in [2.05, 4.69) is 16.9 Å². The first kappa shape index (κ1) is 20.8. The van der Waals surface area contributed by atoms with Gasteiger partial charge in [0, 0.05) is 31.7 Å². The number of hydrogen-bond donors (Lipinski definition) is 2. The lowest BCUT2D eigenvalue weighted by Crippen LogP contribution is -2.40. The molecule has 9 nitrogen and oxygen atoms in total. The highest BCUT2D eigenvalue weighted by Gasteiger charge is 2.26. The fourth-order valence-corrected chi connectivity index (χ4v) is 3.39. The quantitative estimate of drug-likeness (QED) is 0.410. The Bertz CT molecular complexity index is 1120. The number of aromatic nitrogens is 2. The standard InChI is InChI=1S/C21H22N6O3/c1-2-8-24-20(29)15(13-22)12-16-19(26-10-6-14(7-11-26)18(23)28)25-17-5-3-4-9-27(17)21(16)30/h2-5,9,12,14H,1,6-8,10-11H2,(H2,23,28)(H,24,29). The molecule has 0 saturated carbocycles. The van der Waals surface area contributed by atoms with E-state index in [9.17, 15) is 19.6 Å². The van der Waals surface area contributed by atoms with Gasteiger partial charge in [-0.15, -0.1) is 6.58 Å². The van der Waals surface area contributed by atoms with Gasteiger partial charge in [0.1, 0.15) is 23.1 Å². The molecule has 2 aromatic heterocycles. The molecule has 2 amide bonds. The third kappa shape index (κ3) is 4.22. The molecule has 1 saturated heterocycles. The van der Waals surface area contributed by atoms with Crippen LogP contribution in [0.25, 0.3) is 11.7 Å². The maximum atomic E-state index is 13.2. The molecule has 0 aromatic carbocycles. The topological polar surface area (TPSA) is 134 Å². The molecule has 3 heterocycles. The Morgan fingerprint density at radius 3 is 2.73 bits per heavy atom. The van der Waals surface area contributed by atoms with E-state index in [0.29, 0.717) is 37.4 Å². The molecule has 9 heteroatoms. The summed E-state index contributed by atoms with van der Waals surface area (Å²) in [6.45, 7) is 4.68. The Morgan fingerprint density at radius 1 is 1.37 bits per heavy atom. The van der Waals surface area contributed by atoms with Crippen LogP contribution in [0.4, 0.5) is 5.82 Å². The summed E-state index contributed by atoms with van der Waals surface area (Å²) >= 11 is 0. The number of anilines is 1. The molecule has 154 valence electrons. The molecule has 3 N–H and O–H groups in total. The number of hydrogen-bond acceptors (Lipinski definition) is 6.